The normalized spacial score (nSPS) is 12.9. The summed E-state index contributed by atoms with van der Waals surface area (Å²) in [6.45, 7) is 1.52. The quantitative estimate of drug-likeness (QED) is 0.618. The minimum Gasteiger partial charge on any atom is -0.497 e. The third-order valence-electron chi connectivity index (χ3n) is 4.68. The molecule has 0 unspecified atom stereocenters. The number of carbonyl (C=O) groups excluding carboxylic acids is 2. The maximum atomic E-state index is 12.8. The van der Waals surface area contributed by atoms with Crippen LogP contribution in [0.25, 0.3) is 0 Å². The minimum atomic E-state index is -3.73. The summed E-state index contributed by atoms with van der Waals surface area (Å²) in [5.74, 6) is -0.547. The van der Waals surface area contributed by atoms with Crippen LogP contribution in [0.1, 0.15) is 34.1 Å². The fourth-order valence-corrected chi connectivity index (χ4v) is 5.52. The van der Waals surface area contributed by atoms with Crippen molar-refractivity contribution in [1.29, 1.82) is 0 Å². The molecule has 0 saturated heterocycles. The Kier molecular flexibility index (Phi) is 6.67. The highest BCUT2D eigenvalue weighted by Gasteiger charge is 2.29. The summed E-state index contributed by atoms with van der Waals surface area (Å²) in [6, 6.07) is 6.45. The van der Waals surface area contributed by atoms with Gasteiger partial charge < -0.3 is 14.8 Å². The molecule has 3 rings (SSSR count). The molecule has 30 heavy (non-hydrogen) atoms. The van der Waals surface area contributed by atoms with Crippen molar-refractivity contribution in [3.8, 4) is 5.75 Å². The molecular weight excluding hydrogens is 428 g/mol. The van der Waals surface area contributed by atoms with E-state index in [4.69, 9.17) is 9.47 Å². The van der Waals surface area contributed by atoms with Crippen LogP contribution in [0.5, 0.6) is 5.75 Å². The van der Waals surface area contributed by atoms with E-state index < -0.39 is 28.4 Å². The zero-order valence-electron chi connectivity index (χ0n) is 17.1. The van der Waals surface area contributed by atoms with Gasteiger partial charge in [0, 0.05) is 10.9 Å². The Bertz CT molecular complexity index is 1060. The smallest absolute Gasteiger partial charge is 0.341 e. The van der Waals surface area contributed by atoms with E-state index in [1.54, 1.807) is 25.1 Å². The van der Waals surface area contributed by atoms with Gasteiger partial charge in [0.15, 0.2) is 0 Å². The predicted octanol–water partition coefficient (Wildman–Crippen LogP) is 2.83. The number of nitrogens with one attached hydrogen (secondary N) is 1. The van der Waals surface area contributed by atoms with E-state index in [1.165, 1.54) is 24.5 Å². The van der Waals surface area contributed by atoms with Gasteiger partial charge in [-0.05, 0) is 43.9 Å². The number of ether oxygens (including phenoxy) is 2. The van der Waals surface area contributed by atoms with Crippen molar-refractivity contribution < 1.29 is 27.5 Å². The highest BCUT2D eigenvalue weighted by Crippen LogP contribution is 2.39. The van der Waals surface area contributed by atoms with E-state index in [0.29, 0.717) is 22.0 Å². The Labute approximate surface area is 179 Å². The highest BCUT2D eigenvalue weighted by molar-refractivity contribution is 7.92. The standard InChI is InChI=1S/C20H24N2O6S2/c1-4-28-20(24)18-15-9-6-10-16(15)29-19(18)21-17(23)12-22(30(3,25)26)13-7-5-8-14(11-13)27-2/h5,7-8,11H,4,6,9-10,12H2,1-3H3,(H,21,23). The largest absolute Gasteiger partial charge is 0.497 e. The maximum absolute atomic E-state index is 12.8. The molecule has 2 aromatic rings. The molecule has 0 radical (unpaired) electrons. The van der Waals surface area contributed by atoms with Crippen LogP contribution < -0.4 is 14.4 Å². The molecule has 1 heterocycles. The molecule has 0 saturated carbocycles. The molecule has 1 amide bonds. The molecule has 0 aliphatic heterocycles. The summed E-state index contributed by atoms with van der Waals surface area (Å²) in [4.78, 5) is 26.3. The molecule has 10 heteroatoms. The molecule has 162 valence electrons. The number of carbonyl (C=O) groups is 2. The summed E-state index contributed by atoms with van der Waals surface area (Å²) in [5, 5.41) is 3.13. The first-order valence-electron chi connectivity index (χ1n) is 9.47. The summed E-state index contributed by atoms with van der Waals surface area (Å²) >= 11 is 1.35. The number of aryl methyl sites for hydroxylation is 1. The summed E-state index contributed by atoms with van der Waals surface area (Å²) in [5.41, 5.74) is 1.61. The van der Waals surface area contributed by atoms with Gasteiger partial charge in [0.05, 0.1) is 31.2 Å². The van der Waals surface area contributed by atoms with E-state index >= 15 is 0 Å². The number of esters is 1. The number of thiophene rings is 1. The fourth-order valence-electron chi connectivity index (χ4n) is 3.37. The molecule has 1 aliphatic rings. The number of hydrogen-bond acceptors (Lipinski definition) is 7. The van der Waals surface area contributed by atoms with Crippen molar-refractivity contribution in [3.05, 3.63) is 40.3 Å². The van der Waals surface area contributed by atoms with Crippen molar-refractivity contribution in [2.75, 3.05) is 36.1 Å². The lowest BCUT2D eigenvalue weighted by atomic mass is 10.1. The molecule has 0 bridgehead atoms. The number of fused-ring (bicyclic) bond motifs is 1. The minimum absolute atomic E-state index is 0.231. The van der Waals surface area contributed by atoms with Gasteiger partial charge in [-0.15, -0.1) is 11.3 Å². The number of rotatable bonds is 8. The molecule has 0 atom stereocenters. The van der Waals surface area contributed by atoms with Crippen molar-refractivity contribution in [1.82, 2.24) is 0 Å². The van der Waals surface area contributed by atoms with E-state index in [0.717, 1.165) is 40.3 Å². The molecule has 1 aliphatic carbocycles. The van der Waals surface area contributed by atoms with Crippen molar-refractivity contribution in [3.63, 3.8) is 0 Å². The first-order valence-corrected chi connectivity index (χ1v) is 12.1. The van der Waals surface area contributed by atoms with Gasteiger partial charge in [0.1, 0.15) is 17.3 Å². The Morgan fingerprint density at radius 2 is 2.03 bits per heavy atom. The topological polar surface area (TPSA) is 102 Å². The van der Waals surface area contributed by atoms with Crippen LogP contribution in [0.2, 0.25) is 0 Å². The number of methoxy groups -OCH3 is 1. The van der Waals surface area contributed by atoms with E-state index in [-0.39, 0.29) is 6.61 Å². The van der Waals surface area contributed by atoms with Crippen LogP contribution in [0.15, 0.2) is 24.3 Å². The average molecular weight is 453 g/mol. The number of anilines is 2. The molecule has 1 N–H and O–H groups in total. The Balaban J connectivity index is 1.85. The molecule has 0 spiro atoms. The van der Waals surface area contributed by atoms with Crippen LogP contribution >= 0.6 is 11.3 Å². The van der Waals surface area contributed by atoms with Gasteiger partial charge in [0.2, 0.25) is 15.9 Å². The third-order valence-corrected chi connectivity index (χ3v) is 7.03. The molecule has 1 aromatic heterocycles. The Hall–Kier alpha value is -2.59. The Morgan fingerprint density at radius 3 is 2.70 bits per heavy atom. The zero-order chi connectivity index (χ0) is 21.9. The molecule has 8 nitrogen and oxygen atoms in total. The fraction of sp³-hybridized carbons (Fsp3) is 0.400. The maximum Gasteiger partial charge on any atom is 0.341 e. The second kappa shape index (κ2) is 9.05. The van der Waals surface area contributed by atoms with Crippen LogP contribution in [-0.4, -0.2) is 46.8 Å². The highest BCUT2D eigenvalue weighted by atomic mass is 32.2. The van der Waals surface area contributed by atoms with Gasteiger partial charge in [-0.3, -0.25) is 9.10 Å². The summed E-state index contributed by atoms with van der Waals surface area (Å²) in [6.07, 6.45) is 3.60. The van der Waals surface area contributed by atoms with Gasteiger partial charge in [-0.25, -0.2) is 13.2 Å². The second-order valence-electron chi connectivity index (χ2n) is 6.80. The lowest BCUT2D eigenvalue weighted by molar-refractivity contribution is -0.114. The third kappa shape index (κ3) is 4.76. The summed E-state index contributed by atoms with van der Waals surface area (Å²) < 4.78 is 36.0. The number of nitrogens with zero attached hydrogens (tertiary/aromatic N) is 1. The van der Waals surface area contributed by atoms with Crippen LogP contribution in [0, 0.1) is 0 Å². The lowest BCUT2D eigenvalue weighted by Gasteiger charge is -2.22. The Morgan fingerprint density at radius 1 is 1.27 bits per heavy atom. The monoisotopic (exact) mass is 452 g/mol. The molecule has 0 fully saturated rings. The first-order chi connectivity index (χ1) is 14.2. The summed E-state index contributed by atoms with van der Waals surface area (Å²) in [7, 11) is -2.26. The lowest BCUT2D eigenvalue weighted by Crippen LogP contribution is -2.37. The zero-order valence-corrected chi connectivity index (χ0v) is 18.7. The van der Waals surface area contributed by atoms with E-state index in [1.807, 2.05) is 0 Å². The predicted molar refractivity (Wildman–Crippen MR) is 116 cm³/mol. The molecular formula is C20H24N2O6S2. The van der Waals surface area contributed by atoms with Crippen LogP contribution in [0.4, 0.5) is 10.7 Å². The number of hydrogen-bond donors (Lipinski definition) is 1. The number of amides is 1. The van der Waals surface area contributed by atoms with Crippen molar-refractivity contribution >= 4 is 43.9 Å². The SMILES string of the molecule is CCOC(=O)c1c(NC(=O)CN(c2cccc(OC)c2)S(C)(=O)=O)sc2c1CCC2. The number of sulfonamides is 1. The van der Waals surface area contributed by atoms with Crippen LogP contribution in [0.3, 0.4) is 0 Å². The van der Waals surface area contributed by atoms with E-state index in [9.17, 15) is 18.0 Å². The van der Waals surface area contributed by atoms with Gasteiger partial charge in [-0.2, -0.15) is 0 Å². The van der Waals surface area contributed by atoms with Crippen LogP contribution in [-0.2, 0) is 32.4 Å². The second-order valence-corrected chi connectivity index (χ2v) is 9.81. The average Bonchev–Trinajstić information content (AvgIpc) is 3.26. The van der Waals surface area contributed by atoms with Gasteiger partial charge >= 0.3 is 5.97 Å². The number of benzene rings is 1. The van der Waals surface area contributed by atoms with Crippen molar-refractivity contribution in [2.24, 2.45) is 0 Å². The van der Waals surface area contributed by atoms with Gasteiger partial charge in [0.25, 0.3) is 0 Å². The van der Waals surface area contributed by atoms with Gasteiger partial charge in [-0.1, -0.05) is 6.07 Å². The first kappa shape index (κ1) is 22.1. The van der Waals surface area contributed by atoms with Crippen molar-refractivity contribution in [2.45, 2.75) is 26.2 Å². The van der Waals surface area contributed by atoms with E-state index in [2.05, 4.69) is 5.32 Å². The molecule has 1 aromatic carbocycles.